The smallest absolute Gasteiger partial charge is 0.253 e. The second-order valence-electron chi connectivity index (χ2n) is 10.2. The topological polar surface area (TPSA) is 73.9 Å². The minimum absolute atomic E-state index is 0.00643. The van der Waals surface area contributed by atoms with Crippen LogP contribution >= 0.6 is 0 Å². The molecule has 1 saturated heterocycles. The molecule has 1 aliphatic heterocycles. The van der Waals surface area contributed by atoms with Crippen LogP contribution in [0, 0.1) is 0 Å². The van der Waals surface area contributed by atoms with E-state index >= 15 is 0 Å². The van der Waals surface area contributed by atoms with Gasteiger partial charge in [0.1, 0.15) is 5.75 Å². The van der Waals surface area contributed by atoms with Gasteiger partial charge in [-0.2, -0.15) is 0 Å². The summed E-state index contributed by atoms with van der Waals surface area (Å²) in [6, 6.07) is 13.9. The molecular weight excluding hydrogens is 476 g/mol. The Balaban J connectivity index is 1.69. The Morgan fingerprint density at radius 1 is 0.895 bits per heavy atom. The van der Waals surface area contributed by atoms with E-state index in [-0.39, 0.29) is 17.9 Å². The van der Waals surface area contributed by atoms with Gasteiger partial charge < -0.3 is 25.2 Å². The second kappa shape index (κ2) is 15.3. The van der Waals surface area contributed by atoms with Crippen LogP contribution in [-0.2, 0) is 4.79 Å². The Morgan fingerprint density at radius 3 is 2.24 bits per heavy atom. The second-order valence-corrected chi connectivity index (χ2v) is 10.2. The van der Waals surface area contributed by atoms with E-state index in [2.05, 4.69) is 40.3 Å². The van der Waals surface area contributed by atoms with Crippen LogP contribution in [0.4, 0.5) is 17.1 Å². The van der Waals surface area contributed by atoms with E-state index < -0.39 is 0 Å². The van der Waals surface area contributed by atoms with Crippen molar-refractivity contribution in [3.63, 3.8) is 0 Å². The van der Waals surface area contributed by atoms with Gasteiger partial charge in [-0.1, -0.05) is 58.1 Å². The van der Waals surface area contributed by atoms with Gasteiger partial charge in [-0.15, -0.1) is 0 Å². The van der Waals surface area contributed by atoms with E-state index in [1.165, 1.54) is 25.7 Å². The predicted molar refractivity (Wildman–Crippen MR) is 158 cm³/mol. The first-order valence-electron chi connectivity index (χ1n) is 14.3. The molecule has 1 atom stereocenters. The largest absolute Gasteiger partial charge is 0.495 e. The van der Waals surface area contributed by atoms with Crippen molar-refractivity contribution in [2.45, 2.75) is 78.2 Å². The number of benzene rings is 2. The van der Waals surface area contributed by atoms with Gasteiger partial charge in [0, 0.05) is 50.0 Å². The average molecular weight is 523 g/mol. The van der Waals surface area contributed by atoms with Crippen molar-refractivity contribution in [2.75, 3.05) is 48.4 Å². The number of rotatable bonds is 14. The zero-order valence-electron chi connectivity index (χ0n) is 23.7. The standard InChI is InChI=1S/C31H46N4O3/c1-5-7-8-9-10-11-16-30(36)33-25-17-18-27(26(23-25)31(37)32-24(3)6-2)34-19-21-35(22-20-34)28-14-12-13-15-29(28)38-4/h12-15,17-18,23-24H,5-11,16,19-22H2,1-4H3,(H,32,37)(H,33,36). The van der Waals surface area contributed by atoms with Crippen molar-refractivity contribution in [1.29, 1.82) is 0 Å². The molecule has 0 radical (unpaired) electrons. The highest BCUT2D eigenvalue weighted by atomic mass is 16.5. The highest BCUT2D eigenvalue weighted by Gasteiger charge is 2.24. The molecule has 0 saturated carbocycles. The minimum atomic E-state index is -0.103. The number of ether oxygens (including phenoxy) is 1. The SMILES string of the molecule is CCCCCCCCC(=O)Nc1ccc(N2CCN(c3ccccc3OC)CC2)c(C(=O)NC(C)CC)c1. The Morgan fingerprint density at radius 2 is 1.55 bits per heavy atom. The molecule has 0 bridgehead atoms. The molecule has 1 fully saturated rings. The van der Waals surface area contributed by atoms with Gasteiger partial charge >= 0.3 is 0 Å². The Labute approximate surface area is 228 Å². The lowest BCUT2D eigenvalue weighted by atomic mass is 10.1. The molecule has 7 heteroatoms. The number of carbonyl (C=O) groups is 2. The molecule has 7 nitrogen and oxygen atoms in total. The van der Waals surface area contributed by atoms with Gasteiger partial charge in [0.25, 0.3) is 5.91 Å². The fraction of sp³-hybridized carbons (Fsp3) is 0.548. The Bertz CT molecular complexity index is 1030. The summed E-state index contributed by atoms with van der Waals surface area (Å²) < 4.78 is 5.56. The van der Waals surface area contributed by atoms with Crippen LogP contribution in [0.25, 0.3) is 0 Å². The summed E-state index contributed by atoms with van der Waals surface area (Å²) in [5.74, 6) is 0.774. The van der Waals surface area contributed by atoms with Gasteiger partial charge in [0.05, 0.1) is 18.4 Å². The number of para-hydroxylation sites is 2. The molecule has 38 heavy (non-hydrogen) atoms. The molecule has 2 N–H and O–H groups in total. The molecule has 1 aliphatic rings. The molecule has 0 aliphatic carbocycles. The van der Waals surface area contributed by atoms with Crippen LogP contribution in [0.3, 0.4) is 0 Å². The molecule has 1 unspecified atom stereocenters. The number of anilines is 3. The number of nitrogens with zero attached hydrogens (tertiary/aromatic N) is 2. The highest BCUT2D eigenvalue weighted by Crippen LogP contribution is 2.31. The zero-order valence-corrected chi connectivity index (χ0v) is 23.7. The average Bonchev–Trinajstić information content (AvgIpc) is 2.94. The van der Waals surface area contributed by atoms with Crippen molar-refractivity contribution in [2.24, 2.45) is 0 Å². The van der Waals surface area contributed by atoms with Crippen LogP contribution in [0.2, 0.25) is 0 Å². The van der Waals surface area contributed by atoms with Gasteiger partial charge in [-0.25, -0.2) is 0 Å². The quantitative estimate of drug-likeness (QED) is 0.287. The van der Waals surface area contributed by atoms with Crippen LogP contribution < -0.4 is 25.2 Å². The summed E-state index contributed by atoms with van der Waals surface area (Å²) in [5.41, 5.74) is 3.27. The van der Waals surface area contributed by atoms with Crippen molar-refractivity contribution in [3.8, 4) is 5.75 Å². The summed E-state index contributed by atoms with van der Waals surface area (Å²) in [7, 11) is 1.70. The molecule has 0 spiro atoms. The molecule has 2 aromatic rings. The lowest BCUT2D eigenvalue weighted by molar-refractivity contribution is -0.116. The third-order valence-corrected chi connectivity index (χ3v) is 7.32. The predicted octanol–water partition coefficient (Wildman–Crippen LogP) is 6.24. The number of unbranched alkanes of at least 4 members (excludes halogenated alkanes) is 5. The third-order valence-electron chi connectivity index (χ3n) is 7.32. The van der Waals surface area contributed by atoms with E-state index in [1.54, 1.807) is 7.11 Å². The monoisotopic (exact) mass is 522 g/mol. The number of carbonyl (C=O) groups excluding carboxylic acids is 2. The Hall–Kier alpha value is -3.22. The van der Waals surface area contributed by atoms with E-state index in [0.717, 1.165) is 62.6 Å². The summed E-state index contributed by atoms with van der Waals surface area (Å²) in [6.07, 6.45) is 8.24. The lowest BCUT2D eigenvalue weighted by Gasteiger charge is -2.38. The van der Waals surface area contributed by atoms with Gasteiger partial charge in [0.15, 0.2) is 0 Å². The van der Waals surface area contributed by atoms with E-state index in [9.17, 15) is 9.59 Å². The molecule has 3 rings (SSSR count). The third kappa shape index (κ3) is 8.40. The van der Waals surface area contributed by atoms with E-state index in [0.29, 0.717) is 17.7 Å². The number of hydrogen-bond donors (Lipinski definition) is 2. The summed E-state index contributed by atoms with van der Waals surface area (Å²) >= 11 is 0. The summed E-state index contributed by atoms with van der Waals surface area (Å²) in [6.45, 7) is 9.49. The number of methoxy groups -OCH3 is 1. The lowest BCUT2D eigenvalue weighted by Crippen LogP contribution is -2.47. The van der Waals surface area contributed by atoms with Crippen molar-refractivity contribution in [3.05, 3.63) is 48.0 Å². The normalized spacial score (nSPS) is 14.2. The molecule has 1 heterocycles. The van der Waals surface area contributed by atoms with Crippen LogP contribution in [0.5, 0.6) is 5.75 Å². The van der Waals surface area contributed by atoms with Crippen LogP contribution in [0.15, 0.2) is 42.5 Å². The summed E-state index contributed by atoms with van der Waals surface area (Å²) in [4.78, 5) is 30.5. The first kappa shape index (κ1) is 29.3. The van der Waals surface area contributed by atoms with E-state index in [1.807, 2.05) is 43.3 Å². The fourth-order valence-corrected chi connectivity index (χ4v) is 4.84. The number of hydrogen-bond acceptors (Lipinski definition) is 5. The van der Waals surface area contributed by atoms with Gasteiger partial charge in [0.2, 0.25) is 5.91 Å². The molecular formula is C31H46N4O3. The first-order valence-corrected chi connectivity index (χ1v) is 14.3. The number of nitrogens with one attached hydrogen (secondary N) is 2. The zero-order chi connectivity index (χ0) is 27.3. The van der Waals surface area contributed by atoms with Crippen molar-refractivity contribution >= 4 is 28.9 Å². The Kier molecular flexibility index (Phi) is 11.8. The summed E-state index contributed by atoms with van der Waals surface area (Å²) in [5, 5.41) is 6.13. The maximum Gasteiger partial charge on any atom is 0.253 e. The van der Waals surface area contributed by atoms with Crippen LogP contribution in [-0.4, -0.2) is 51.1 Å². The molecule has 208 valence electrons. The molecule has 0 aromatic heterocycles. The highest BCUT2D eigenvalue weighted by molar-refractivity contribution is 6.02. The minimum Gasteiger partial charge on any atom is -0.495 e. The van der Waals surface area contributed by atoms with Crippen LogP contribution in [0.1, 0.15) is 82.5 Å². The van der Waals surface area contributed by atoms with Gasteiger partial charge in [-0.05, 0) is 50.1 Å². The first-order chi connectivity index (χ1) is 18.5. The van der Waals surface area contributed by atoms with Crippen molar-refractivity contribution < 1.29 is 14.3 Å². The number of piperazine rings is 1. The molecule has 2 amide bonds. The van der Waals surface area contributed by atoms with Gasteiger partial charge in [-0.3, -0.25) is 9.59 Å². The van der Waals surface area contributed by atoms with Crippen molar-refractivity contribution in [1.82, 2.24) is 5.32 Å². The van der Waals surface area contributed by atoms with E-state index in [4.69, 9.17) is 4.74 Å². The fourth-order valence-electron chi connectivity index (χ4n) is 4.84. The number of amides is 2. The maximum absolute atomic E-state index is 13.3. The maximum atomic E-state index is 13.3. The molecule has 2 aromatic carbocycles.